The van der Waals surface area contributed by atoms with Gasteiger partial charge in [0, 0.05) is 56.8 Å². The molecule has 4 heterocycles. The molecule has 8 heteroatoms. The molecule has 1 saturated heterocycles. The number of carbonyl (C=O) groups is 1. The van der Waals surface area contributed by atoms with E-state index in [0.29, 0.717) is 5.56 Å². The summed E-state index contributed by atoms with van der Waals surface area (Å²) < 4.78 is 15.4. The Morgan fingerprint density at radius 2 is 1.69 bits per heavy atom. The molecule has 1 fully saturated rings. The minimum absolute atomic E-state index is 0.193. The molecule has 1 amide bonds. The fourth-order valence-electron chi connectivity index (χ4n) is 4.00. The van der Waals surface area contributed by atoms with Crippen molar-refractivity contribution in [2.24, 2.45) is 0 Å². The molecule has 0 bridgehead atoms. The zero-order valence-corrected chi connectivity index (χ0v) is 17.5. The summed E-state index contributed by atoms with van der Waals surface area (Å²) in [5, 5.41) is 2.87. The highest BCUT2D eigenvalue weighted by atomic mass is 19.1. The average molecular weight is 430 g/mol. The van der Waals surface area contributed by atoms with Gasteiger partial charge in [0.15, 0.2) is 0 Å². The minimum atomic E-state index is -0.311. The Bertz CT molecular complexity index is 1230. The van der Waals surface area contributed by atoms with Gasteiger partial charge in [-0.2, -0.15) is 0 Å². The van der Waals surface area contributed by atoms with Gasteiger partial charge in [0.05, 0.1) is 5.56 Å². The summed E-state index contributed by atoms with van der Waals surface area (Å²) in [4.78, 5) is 25.9. The second-order valence-electron chi connectivity index (χ2n) is 7.74. The quantitative estimate of drug-likeness (QED) is 0.527. The van der Waals surface area contributed by atoms with Gasteiger partial charge in [-0.05, 0) is 48.0 Å². The van der Waals surface area contributed by atoms with E-state index in [9.17, 15) is 9.18 Å². The normalized spacial score (nSPS) is 14.0. The van der Waals surface area contributed by atoms with Crippen LogP contribution in [0, 0.1) is 5.82 Å². The molecule has 0 saturated carbocycles. The van der Waals surface area contributed by atoms with Gasteiger partial charge < -0.3 is 19.5 Å². The van der Waals surface area contributed by atoms with Crippen molar-refractivity contribution in [1.82, 2.24) is 19.7 Å². The SMILES string of the molecule is O=C(NCc1cccc(F)c1)c1ccc2ccc(N3CCN(c4ncccn4)CC3)n2c1. The zero-order valence-electron chi connectivity index (χ0n) is 17.5. The van der Waals surface area contributed by atoms with Gasteiger partial charge in [0.1, 0.15) is 11.6 Å². The second kappa shape index (κ2) is 8.66. The highest BCUT2D eigenvalue weighted by molar-refractivity contribution is 5.94. The predicted octanol–water partition coefficient (Wildman–Crippen LogP) is 3.13. The van der Waals surface area contributed by atoms with E-state index in [0.717, 1.165) is 49.0 Å². The number of benzene rings is 1. The first-order valence-electron chi connectivity index (χ1n) is 10.6. The molecule has 5 rings (SSSR count). The topological polar surface area (TPSA) is 65.8 Å². The molecule has 0 spiro atoms. The maximum Gasteiger partial charge on any atom is 0.253 e. The summed E-state index contributed by atoms with van der Waals surface area (Å²) in [6, 6.07) is 15.9. The van der Waals surface area contributed by atoms with Gasteiger partial charge in [0.2, 0.25) is 5.95 Å². The molecule has 0 unspecified atom stereocenters. The van der Waals surface area contributed by atoms with E-state index in [2.05, 4.69) is 37.2 Å². The number of piperazine rings is 1. The van der Waals surface area contributed by atoms with E-state index in [1.165, 1.54) is 12.1 Å². The van der Waals surface area contributed by atoms with Crippen molar-refractivity contribution in [3.05, 3.63) is 90.1 Å². The van der Waals surface area contributed by atoms with Crippen molar-refractivity contribution < 1.29 is 9.18 Å². The van der Waals surface area contributed by atoms with E-state index >= 15 is 0 Å². The maximum atomic E-state index is 13.4. The number of halogens is 1. The largest absolute Gasteiger partial charge is 0.354 e. The number of fused-ring (bicyclic) bond motifs is 1. The van der Waals surface area contributed by atoms with Crippen LogP contribution in [-0.4, -0.2) is 46.5 Å². The molecular weight excluding hydrogens is 407 g/mol. The van der Waals surface area contributed by atoms with Crippen molar-refractivity contribution in [2.75, 3.05) is 36.0 Å². The number of amides is 1. The van der Waals surface area contributed by atoms with Gasteiger partial charge in [-0.25, -0.2) is 14.4 Å². The number of anilines is 2. The van der Waals surface area contributed by atoms with Crippen LogP contribution in [0.25, 0.3) is 5.52 Å². The third-order valence-electron chi connectivity index (χ3n) is 5.67. The van der Waals surface area contributed by atoms with Crippen LogP contribution in [-0.2, 0) is 6.54 Å². The molecule has 1 aliphatic heterocycles. The number of pyridine rings is 1. The van der Waals surface area contributed by atoms with Crippen molar-refractivity contribution >= 4 is 23.2 Å². The molecule has 162 valence electrons. The van der Waals surface area contributed by atoms with E-state index in [1.807, 2.05) is 28.8 Å². The summed E-state index contributed by atoms with van der Waals surface area (Å²) in [5.41, 5.74) is 2.31. The Hall–Kier alpha value is -3.94. The summed E-state index contributed by atoms with van der Waals surface area (Å²) in [5.74, 6) is 1.30. The van der Waals surface area contributed by atoms with Crippen LogP contribution in [0.15, 0.2) is 73.2 Å². The number of carbonyl (C=O) groups excluding carboxylic acids is 1. The van der Waals surface area contributed by atoms with Crippen LogP contribution < -0.4 is 15.1 Å². The highest BCUT2D eigenvalue weighted by Crippen LogP contribution is 2.22. The minimum Gasteiger partial charge on any atom is -0.354 e. The van der Waals surface area contributed by atoms with E-state index in [-0.39, 0.29) is 18.3 Å². The van der Waals surface area contributed by atoms with Gasteiger partial charge >= 0.3 is 0 Å². The van der Waals surface area contributed by atoms with Crippen molar-refractivity contribution in [2.45, 2.75) is 6.54 Å². The lowest BCUT2D eigenvalue weighted by atomic mass is 10.2. The Balaban J connectivity index is 1.29. The first kappa shape index (κ1) is 20.0. The molecule has 0 atom stereocenters. The molecule has 0 radical (unpaired) electrons. The molecule has 4 aromatic rings. The van der Waals surface area contributed by atoms with Crippen molar-refractivity contribution in [3.8, 4) is 0 Å². The first-order valence-corrected chi connectivity index (χ1v) is 10.6. The predicted molar refractivity (Wildman–Crippen MR) is 121 cm³/mol. The molecule has 0 aliphatic carbocycles. The number of rotatable bonds is 5. The highest BCUT2D eigenvalue weighted by Gasteiger charge is 2.21. The lowest BCUT2D eigenvalue weighted by molar-refractivity contribution is 0.0950. The monoisotopic (exact) mass is 430 g/mol. The van der Waals surface area contributed by atoms with Crippen LogP contribution in [0.2, 0.25) is 0 Å². The standard InChI is InChI=1S/C24H23FN6O/c25-20-4-1-3-18(15-20)16-28-23(32)19-5-6-21-7-8-22(31(21)17-19)29-11-13-30(14-12-29)24-26-9-2-10-27-24/h1-10,15,17H,11-14,16H2,(H,28,32). The molecule has 32 heavy (non-hydrogen) atoms. The smallest absolute Gasteiger partial charge is 0.253 e. The van der Waals surface area contributed by atoms with Crippen LogP contribution in [0.3, 0.4) is 0 Å². The van der Waals surface area contributed by atoms with E-state index in [4.69, 9.17) is 0 Å². The molecule has 1 N–H and O–H groups in total. The van der Waals surface area contributed by atoms with Crippen molar-refractivity contribution in [1.29, 1.82) is 0 Å². The number of aromatic nitrogens is 3. The van der Waals surface area contributed by atoms with Crippen LogP contribution in [0.1, 0.15) is 15.9 Å². The van der Waals surface area contributed by atoms with Gasteiger partial charge in [0.25, 0.3) is 5.91 Å². The number of nitrogens with one attached hydrogen (secondary N) is 1. The molecule has 3 aromatic heterocycles. The fraction of sp³-hybridized carbons (Fsp3) is 0.208. The summed E-state index contributed by atoms with van der Waals surface area (Å²) >= 11 is 0. The van der Waals surface area contributed by atoms with Gasteiger partial charge in [-0.15, -0.1) is 0 Å². The van der Waals surface area contributed by atoms with Gasteiger partial charge in [-0.3, -0.25) is 4.79 Å². The lowest BCUT2D eigenvalue weighted by Gasteiger charge is -2.35. The Kier molecular flexibility index (Phi) is 5.41. The van der Waals surface area contributed by atoms with E-state index in [1.54, 1.807) is 24.5 Å². The summed E-state index contributed by atoms with van der Waals surface area (Å²) in [7, 11) is 0. The summed E-state index contributed by atoms with van der Waals surface area (Å²) in [6.45, 7) is 3.59. The van der Waals surface area contributed by atoms with Crippen LogP contribution in [0.5, 0.6) is 0 Å². The fourth-order valence-corrected chi connectivity index (χ4v) is 4.00. The third kappa shape index (κ3) is 4.12. The Morgan fingerprint density at radius 1 is 0.938 bits per heavy atom. The van der Waals surface area contributed by atoms with Crippen LogP contribution in [0.4, 0.5) is 16.2 Å². The molecule has 1 aliphatic rings. The number of hydrogen-bond donors (Lipinski definition) is 1. The number of hydrogen-bond acceptors (Lipinski definition) is 5. The zero-order chi connectivity index (χ0) is 21.9. The van der Waals surface area contributed by atoms with Crippen LogP contribution >= 0.6 is 0 Å². The average Bonchev–Trinajstić information content (AvgIpc) is 3.26. The molecule has 7 nitrogen and oxygen atoms in total. The summed E-state index contributed by atoms with van der Waals surface area (Å²) in [6.07, 6.45) is 5.38. The lowest BCUT2D eigenvalue weighted by Crippen LogP contribution is -2.47. The number of nitrogens with zero attached hydrogens (tertiary/aromatic N) is 5. The Morgan fingerprint density at radius 3 is 2.47 bits per heavy atom. The Labute approximate surface area is 185 Å². The first-order chi connectivity index (χ1) is 15.7. The third-order valence-corrected chi connectivity index (χ3v) is 5.67. The maximum absolute atomic E-state index is 13.4. The molecular formula is C24H23FN6O. The van der Waals surface area contributed by atoms with Crippen molar-refractivity contribution in [3.63, 3.8) is 0 Å². The van der Waals surface area contributed by atoms with E-state index < -0.39 is 0 Å². The van der Waals surface area contributed by atoms with Gasteiger partial charge in [-0.1, -0.05) is 12.1 Å². The molecule has 1 aromatic carbocycles. The second-order valence-corrected chi connectivity index (χ2v) is 7.74.